The van der Waals surface area contributed by atoms with E-state index in [0.717, 1.165) is 32.1 Å². The first-order valence-electron chi connectivity index (χ1n) is 18.2. The smallest absolute Gasteiger partial charge is 0.259 e. The highest BCUT2D eigenvalue weighted by molar-refractivity contribution is 6.06. The van der Waals surface area contributed by atoms with Gasteiger partial charge in [-0.25, -0.2) is 0 Å². The van der Waals surface area contributed by atoms with Crippen molar-refractivity contribution in [3.8, 4) is 5.75 Å². The van der Waals surface area contributed by atoms with Crippen molar-refractivity contribution in [1.82, 2.24) is 15.0 Å². The molecule has 0 unspecified atom stereocenters. The molecular formula is C36H54N12O3. The van der Waals surface area contributed by atoms with Gasteiger partial charge in [-0.3, -0.25) is 9.59 Å². The third kappa shape index (κ3) is 11.2. The van der Waals surface area contributed by atoms with Gasteiger partial charge in [-0.1, -0.05) is 45.4 Å². The quantitative estimate of drug-likeness (QED) is 0.106. The van der Waals surface area contributed by atoms with E-state index in [1.165, 1.54) is 37.8 Å². The maximum atomic E-state index is 13.0. The van der Waals surface area contributed by atoms with Crippen LogP contribution in [0, 0.1) is 0 Å². The summed E-state index contributed by atoms with van der Waals surface area (Å²) in [6.45, 7) is 4.46. The molecule has 0 spiro atoms. The van der Waals surface area contributed by atoms with Crippen LogP contribution >= 0.6 is 0 Å². The van der Waals surface area contributed by atoms with E-state index in [1.54, 1.807) is 30.3 Å². The fourth-order valence-corrected chi connectivity index (χ4v) is 6.61. The molecule has 2 aliphatic rings. The number of benzene rings is 2. The largest absolute Gasteiger partial charge is 0.507 e. The molecule has 2 saturated heterocycles. The molecule has 15 heteroatoms. The predicted octanol–water partition coefficient (Wildman–Crippen LogP) is 3.38. The van der Waals surface area contributed by atoms with Crippen molar-refractivity contribution in [3.05, 3.63) is 48.0 Å². The molecule has 4 atom stereocenters. The summed E-state index contributed by atoms with van der Waals surface area (Å²) in [6, 6.07) is 11.1. The van der Waals surface area contributed by atoms with Crippen LogP contribution in [0.15, 0.2) is 42.5 Å². The lowest BCUT2D eigenvalue weighted by Crippen LogP contribution is -2.54. The minimum atomic E-state index is -0.489. The van der Waals surface area contributed by atoms with Crippen LogP contribution in [0.3, 0.4) is 0 Å². The summed E-state index contributed by atoms with van der Waals surface area (Å²) < 4.78 is 0. The first-order valence-corrected chi connectivity index (χ1v) is 18.2. The molecule has 51 heavy (non-hydrogen) atoms. The van der Waals surface area contributed by atoms with Crippen LogP contribution < -0.4 is 48.7 Å². The molecule has 276 valence electrons. The third-order valence-electron chi connectivity index (χ3n) is 9.14. The molecule has 2 fully saturated rings. The molecule has 2 aromatic carbocycles. The lowest BCUT2D eigenvalue weighted by Gasteiger charge is -2.37. The number of nitrogens with one attached hydrogen (secondary N) is 3. The van der Waals surface area contributed by atoms with Gasteiger partial charge in [0.1, 0.15) is 5.75 Å². The second-order valence-corrected chi connectivity index (χ2v) is 13.9. The Morgan fingerprint density at radius 2 is 1.22 bits per heavy atom. The van der Waals surface area contributed by atoms with E-state index < -0.39 is 5.91 Å². The number of hydrogen-bond donors (Lipinski definition) is 8. The minimum absolute atomic E-state index is 0.0850. The van der Waals surface area contributed by atoms with Crippen molar-refractivity contribution >= 4 is 46.7 Å². The van der Waals surface area contributed by atoms with Gasteiger partial charge >= 0.3 is 0 Å². The zero-order chi connectivity index (χ0) is 36.3. The van der Waals surface area contributed by atoms with Crippen molar-refractivity contribution in [3.63, 3.8) is 0 Å². The zero-order valence-electron chi connectivity index (χ0n) is 29.6. The molecule has 1 aromatic heterocycles. The molecule has 3 heterocycles. The number of piperidine rings is 2. The molecule has 3 aromatic rings. The first-order chi connectivity index (χ1) is 24.6. The summed E-state index contributed by atoms with van der Waals surface area (Å²) >= 11 is 0. The van der Waals surface area contributed by atoms with Gasteiger partial charge in [0.15, 0.2) is 0 Å². The minimum Gasteiger partial charge on any atom is -0.507 e. The second kappa shape index (κ2) is 18.1. The van der Waals surface area contributed by atoms with Crippen LogP contribution in [0.25, 0.3) is 0 Å². The van der Waals surface area contributed by atoms with Crippen molar-refractivity contribution in [2.75, 3.05) is 51.9 Å². The van der Waals surface area contributed by atoms with E-state index in [1.807, 2.05) is 9.80 Å². The van der Waals surface area contributed by atoms with Gasteiger partial charge in [0.2, 0.25) is 23.8 Å². The molecule has 5 rings (SSSR count). The van der Waals surface area contributed by atoms with Crippen LogP contribution in [-0.2, 0) is 4.79 Å². The van der Waals surface area contributed by atoms with Gasteiger partial charge in [-0.15, -0.1) is 0 Å². The highest BCUT2D eigenvalue weighted by Crippen LogP contribution is 2.26. The number of nitrogens with zero attached hydrogens (tertiary/aromatic N) is 5. The summed E-state index contributed by atoms with van der Waals surface area (Å²) in [5, 5.41) is 19.5. The number of hydrogen-bond acceptors (Lipinski definition) is 13. The van der Waals surface area contributed by atoms with Gasteiger partial charge < -0.3 is 53.8 Å². The van der Waals surface area contributed by atoms with Gasteiger partial charge in [-0.2, -0.15) is 15.0 Å². The molecular weight excluding hydrogens is 648 g/mol. The monoisotopic (exact) mass is 702 g/mol. The SMILES string of the molecule is CCCCCCCCCC(=O)Nc1ccc(C(=O)Nc2ccc(Nc3nc(N4C[C@H](N)C[C@H](N)C4)nc(N4C[C@H](N)C[C@H](N)C4)n3)cc2)c(O)c1. The number of carbonyl (C=O) groups is 2. The maximum absolute atomic E-state index is 13.0. The Morgan fingerprint density at radius 3 is 1.76 bits per heavy atom. The van der Waals surface area contributed by atoms with E-state index in [0.29, 0.717) is 67.5 Å². The van der Waals surface area contributed by atoms with E-state index in [4.69, 9.17) is 37.9 Å². The van der Waals surface area contributed by atoms with E-state index >= 15 is 0 Å². The lowest BCUT2D eigenvalue weighted by atomic mass is 10.0. The Kier molecular flexibility index (Phi) is 13.4. The van der Waals surface area contributed by atoms with Gasteiger partial charge in [0.25, 0.3) is 5.91 Å². The number of phenols is 1. The normalized spacial score (nSPS) is 20.6. The number of aromatic nitrogens is 3. The van der Waals surface area contributed by atoms with Crippen LogP contribution in [0.4, 0.5) is 34.9 Å². The first kappa shape index (κ1) is 37.7. The average Bonchev–Trinajstić information content (AvgIpc) is 3.08. The molecule has 0 saturated carbocycles. The summed E-state index contributed by atoms with van der Waals surface area (Å²) in [4.78, 5) is 43.5. The van der Waals surface area contributed by atoms with Crippen molar-refractivity contribution in [2.24, 2.45) is 22.9 Å². The van der Waals surface area contributed by atoms with E-state index in [2.05, 4.69) is 22.9 Å². The summed E-state index contributed by atoms with van der Waals surface area (Å²) in [7, 11) is 0. The molecule has 15 nitrogen and oxygen atoms in total. The fourth-order valence-electron chi connectivity index (χ4n) is 6.61. The number of rotatable bonds is 15. The molecule has 0 radical (unpaired) electrons. The van der Waals surface area contributed by atoms with Crippen molar-refractivity contribution < 1.29 is 14.7 Å². The molecule has 0 bridgehead atoms. The molecule has 12 N–H and O–H groups in total. The van der Waals surface area contributed by atoms with Crippen LogP contribution in [0.1, 0.15) is 81.5 Å². The Balaban J connectivity index is 1.19. The topological polar surface area (TPSA) is 240 Å². The standard InChI is InChI=1S/C36H54N12O3/c1-2-3-4-5-6-7-8-9-32(50)41-29-14-15-30(31(49)18-29)33(51)42-27-10-12-28(13-11-27)43-34-44-35(47-19-23(37)16-24(38)20-47)46-36(45-34)48-21-25(39)17-26(40)22-48/h10-15,18,23-26,49H,2-9,16-17,19-22,37-40H2,1H3,(H,41,50)(H,42,51)(H,43,44,45,46)/t23-,24+,25-,26+. The third-order valence-corrected chi connectivity index (χ3v) is 9.14. The van der Waals surface area contributed by atoms with Crippen LogP contribution in [0.2, 0.25) is 0 Å². The van der Waals surface area contributed by atoms with Gasteiger partial charge in [0.05, 0.1) is 5.56 Å². The van der Waals surface area contributed by atoms with Gasteiger partial charge in [0, 0.05) is 79.9 Å². The number of nitrogens with two attached hydrogens (primary N) is 4. The number of anilines is 6. The summed E-state index contributed by atoms with van der Waals surface area (Å²) in [6.07, 6.45) is 9.75. The second-order valence-electron chi connectivity index (χ2n) is 13.9. The number of amides is 2. The van der Waals surface area contributed by atoms with E-state index in [9.17, 15) is 14.7 Å². The number of aromatic hydroxyl groups is 1. The Bertz CT molecular complexity index is 1540. The number of carbonyl (C=O) groups excluding carboxylic acids is 2. The van der Waals surface area contributed by atoms with Crippen LogP contribution in [0.5, 0.6) is 5.75 Å². The summed E-state index contributed by atoms with van der Waals surface area (Å²) in [5.74, 6) is 0.417. The molecule has 2 amide bonds. The van der Waals surface area contributed by atoms with Crippen molar-refractivity contribution in [1.29, 1.82) is 0 Å². The number of unbranched alkanes of at least 4 members (excludes halogenated alkanes) is 6. The van der Waals surface area contributed by atoms with Gasteiger partial charge in [-0.05, 0) is 55.7 Å². The number of phenolic OH excluding ortho intramolecular Hbond substituents is 1. The Labute approximate surface area is 300 Å². The highest BCUT2D eigenvalue weighted by atomic mass is 16.3. The van der Waals surface area contributed by atoms with Crippen LogP contribution in [-0.4, -0.2) is 82.2 Å². The summed E-state index contributed by atoms with van der Waals surface area (Å²) in [5.41, 5.74) is 26.8. The fraction of sp³-hybridized carbons (Fsp3) is 0.528. The van der Waals surface area contributed by atoms with E-state index in [-0.39, 0.29) is 41.4 Å². The average molecular weight is 703 g/mol. The Morgan fingerprint density at radius 1 is 0.706 bits per heavy atom. The zero-order valence-corrected chi connectivity index (χ0v) is 29.6. The maximum Gasteiger partial charge on any atom is 0.259 e. The highest BCUT2D eigenvalue weighted by Gasteiger charge is 2.29. The molecule has 2 aliphatic heterocycles. The molecule has 0 aliphatic carbocycles. The predicted molar refractivity (Wildman–Crippen MR) is 202 cm³/mol. The lowest BCUT2D eigenvalue weighted by molar-refractivity contribution is -0.116. The Hall–Kier alpha value is -4.57. The van der Waals surface area contributed by atoms with Crippen molar-refractivity contribution in [2.45, 2.75) is 95.3 Å².